The first-order valence-electron chi connectivity index (χ1n) is 5.96. The molecule has 2 aromatic rings. The lowest BCUT2D eigenvalue weighted by Gasteiger charge is -2.17. The first-order valence-corrected chi connectivity index (χ1v) is 8.02. The minimum Gasteiger partial charge on any atom is -0.222 e. The Morgan fingerprint density at radius 1 is 1.10 bits per heavy atom. The Kier molecular flexibility index (Phi) is 5.75. The minimum atomic E-state index is -4.94. The molecule has 0 unspecified atom stereocenters. The Hall–Kier alpha value is -0.900. The van der Waals surface area contributed by atoms with Gasteiger partial charge in [-0.1, -0.05) is 23.5 Å². The molecule has 20 heavy (non-hydrogen) atoms. The van der Waals surface area contributed by atoms with Gasteiger partial charge in [0.2, 0.25) is 0 Å². The highest BCUT2D eigenvalue weighted by molar-refractivity contribution is 7.16. The summed E-state index contributed by atoms with van der Waals surface area (Å²) in [7, 11) is -4.94. The van der Waals surface area contributed by atoms with Gasteiger partial charge in [0, 0.05) is 25.8 Å². The van der Waals surface area contributed by atoms with E-state index in [1.807, 2.05) is 4.52 Å². The minimum absolute atomic E-state index is 0.980. The van der Waals surface area contributed by atoms with Crippen LogP contribution in [0, 0.1) is 24.1 Å². The van der Waals surface area contributed by atoms with Crippen LogP contribution in [-0.4, -0.2) is 10.1 Å². The van der Waals surface area contributed by atoms with E-state index in [-0.39, 0.29) is 0 Å². The average molecular weight is 322 g/mol. The van der Waals surface area contributed by atoms with Crippen LogP contribution in [0.5, 0.6) is 0 Å². The summed E-state index contributed by atoms with van der Waals surface area (Å²) < 4.78 is 36.0. The van der Waals surface area contributed by atoms with E-state index in [2.05, 4.69) is 37.8 Å². The molecule has 0 aliphatic carbocycles. The van der Waals surface area contributed by atoms with Crippen molar-refractivity contribution < 1.29 is 33.4 Å². The molecule has 112 valence electrons. The van der Waals surface area contributed by atoms with Gasteiger partial charge in [-0.05, 0) is 22.7 Å². The number of aryl methyl sites for hydroxylation is 3. The topological polar surface area (TPSA) is 122 Å². The van der Waals surface area contributed by atoms with E-state index in [1.54, 1.807) is 11.3 Å². The lowest BCUT2D eigenvalue weighted by atomic mass is 10.1. The second-order valence-electron chi connectivity index (χ2n) is 4.04. The van der Waals surface area contributed by atoms with Crippen LogP contribution < -0.4 is 23.2 Å². The van der Waals surface area contributed by atoms with Crippen LogP contribution in [0.4, 0.5) is 0 Å². The van der Waals surface area contributed by atoms with Gasteiger partial charge in [-0.3, -0.25) is 0 Å². The van der Waals surface area contributed by atoms with Crippen molar-refractivity contribution in [3.8, 4) is 0 Å². The maximum absolute atomic E-state index is 8.49. The lowest BCUT2D eigenvalue weighted by molar-refractivity contribution is -2.00. The molecular formula is C11H16ClN3O4S. The predicted octanol–water partition coefficient (Wildman–Crippen LogP) is -2.74. The smallest absolute Gasteiger partial charge is 0.222 e. The van der Waals surface area contributed by atoms with Crippen LogP contribution in [0.25, 0.3) is 4.96 Å². The summed E-state index contributed by atoms with van der Waals surface area (Å²) in [5.74, 6) is 0. The van der Waals surface area contributed by atoms with Crippen molar-refractivity contribution >= 4 is 16.3 Å². The highest BCUT2D eigenvalue weighted by Crippen LogP contribution is 2.14. The van der Waals surface area contributed by atoms with E-state index in [4.69, 9.17) is 18.6 Å². The van der Waals surface area contributed by atoms with Crippen LogP contribution in [0.2, 0.25) is 0 Å². The zero-order valence-corrected chi connectivity index (χ0v) is 13.2. The monoisotopic (exact) mass is 321 g/mol. The molecule has 0 radical (unpaired) electrons. The van der Waals surface area contributed by atoms with Gasteiger partial charge >= 0.3 is 4.96 Å². The van der Waals surface area contributed by atoms with Gasteiger partial charge < -0.3 is 0 Å². The third-order valence-electron chi connectivity index (χ3n) is 2.71. The van der Waals surface area contributed by atoms with Gasteiger partial charge in [0.05, 0.1) is 0 Å². The average Bonchev–Trinajstić information content (AvgIpc) is 2.70. The highest BCUT2D eigenvalue weighted by atomic mass is 35.7. The molecule has 0 N–H and O–H groups in total. The third kappa shape index (κ3) is 4.58. The van der Waals surface area contributed by atoms with Crippen molar-refractivity contribution in [1.82, 2.24) is 10.1 Å². The molecule has 0 aromatic carbocycles. The number of aromatic nitrogens is 3. The molecular weight excluding hydrogens is 306 g/mol. The fourth-order valence-corrected chi connectivity index (χ4v) is 2.79. The predicted molar refractivity (Wildman–Crippen MR) is 61.3 cm³/mol. The molecule has 2 aromatic heterocycles. The van der Waals surface area contributed by atoms with Crippen LogP contribution in [0.3, 0.4) is 0 Å². The van der Waals surface area contributed by atoms with Crippen LogP contribution in [0.15, 0.2) is 0 Å². The summed E-state index contributed by atoms with van der Waals surface area (Å²) in [5.41, 5.74) is 3.69. The van der Waals surface area contributed by atoms with Crippen molar-refractivity contribution in [2.24, 2.45) is 0 Å². The SMILES string of the molecule is CCc1n[n+]2c(C)c(CC)c(C)nc2s1.[O-][Cl+3]([O-])([O-])[O-]. The fourth-order valence-electron chi connectivity index (χ4n) is 1.87. The standard InChI is InChI=1S/C11H16N3S.ClHO4/c1-5-9-7(3)12-11-14(8(9)4)13-10(6-2)15-11;2-1(3,4)5/h5-6H2,1-4H3;(H,2,3,4,5)/q+1;/p-1. The van der Waals surface area contributed by atoms with E-state index in [0.29, 0.717) is 0 Å². The molecule has 0 bridgehead atoms. The quantitative estimate of drug-likeness (QED) is 0.553. The summed E-state index contributed by atoms with van der Waals surface area (Å²) in [6.07, 6.45) is 2.00. The maximum atomic E-state index is 8.49. The first-order chi connectivity index (χ1) is 9.17. The Morgan fingerprint density at radius 2 is 1.65 bits per heavy atom. The Bertz CT molecular complexity index is 591. The van der Waals surface area contributed by atoms with Crippen LogP contribution >= 0.6 is 11.3 Å². The molecule has 0 spiro atoms. The number of nitrogens with zero attached hydrogens (tertiary/aromatic N) is 3. The first kappa shape index (κ1) is 17.2. The van der Waals surface area contributed by atoms with E-state index in [1.165, 1.54) is 11.3 Å². The van der Waals surface area contributed by atoms with Crippen LogP contribution in [0.1, 0.15) is 35.8 Å². The summed E-state index contributed by atoms with van der Waals surface area (Å²) in [4.78, 5) is 5.61. The third-order valence-corrected chi connectivity index (χ3v) is 3.77. The van der Waals surface area contributed by atoms with Gasteiger partial charge in [0.15, 0.2) is 5.69 Å². The normalized spacial score (nSPS) is 11.4. The molecule has 0 atom stereocenters. The van der Waals surface area contributed by atoms with E-state index < -0.39 is 10.2 Å². The summed E-state index contributed by atoms with van der Waals surface area (Å²) in [6.45, 7) is 8.49. The molecule has 2 heterocycles. The van der Waals surface area contributed by atoms with Gasteiger partial charge in [0.25, 0.3) is 0 Å². The molecule has 0 amide bonds. The van der Waals surface area contributed by atoms with Crippen LogP contribution in [-0.2, 0) is 12.8 Å². The van der Waals surface area contributed by atoms with Gasteiger partial charge in [-0.2, -0.15) is 0 Å². The number of halogens is 1. The zero-order chi connectivity index (χ0) is 15.5. The van der Waals surface area contributed by atoms with E-state index in [9.17, 15) is 0 Å². The second kappa shape index (κ2) is 6.70. The van der Waals surface area contributed by atoms with Gasteiger partial charge in [-0.15, -0.1) is 10.2 Å². The van der Waals surface area contributed by atoms with Crippen molar-refractivity contribution in [2.75, 3.05) is 0 Å². The summed E-state index contributed by atoms with van der Waals surface area (Å²) >= 11 is 1.69. The molecule has 0 saturated heterocycles. The van der Waals surface area contributed by atoms with E-state index >= 15 is 0 Å². The number of fused-ring (bicyclic) bond motifs is 1. The molecule has 9 heteroatoms. The molecule has 0 aliphatic heterocycles. The summed E-state index contributed by atoms with van der Waals surface area (Å²) in [5, 5.41) is 5.70. The molecule has 0 fully saturated rings. The molecule has 0 saturated carbocycles. The van der Waals surface area contributed by atoms with Crippen molar-refractivity contribution in [1.29, 1.82) is 0 Å². The molecule has 7 nitrogen and oxygen atoms in total. The summed E-state index contributed by atoms with van der Waals surface area (Å²) in [6, 6.07) is 0. The number of hydrogen-bond donors (Lipinski definition) is 0. The van der Waals surface area contributed by atoms with Gasteiger partial charge in [-0.25, -0.2) is 18.6 Å². The van der Waals surface area contributed by atoms with Crippen molar-refractivity contribution in [2.45, 2.75) is 40.5 Å². The number of rotatable bonds is 2. The fraction of sp³-hybridized carbons (Fsp3) is 0.545. The Labute approximate surface area is 122 Å². The van der Waals surface area contributed by atoms with Crippen molar-refractivity contribution in [3.05, 3.63) is 22.0 Å². The highest BCUT2D eigenvalue weighted by Gasteiger charge is 2.19. The van der Waals surface area contributed by atoms with Crippen molar-refractivity contribution in [3.63, 3.8) is 0 Å². The lowest BCUT2D eigenvalue weighted by Crippen LogP contribution is -2.68. The number of hydrogen-bond acceptors (Lipinski definition) is 7. The molecule has 2 rings (SSSR count). The maximum Gasteiger partial charge on any atom is 0.410 e. The Morgan fingerprint density at radius 3 is 2.10 bits per heavy atom. The van der Waals surface area contributed by atoms with Gasteiger partial charge in [0.1, 0.15) is 10.7 Å². The van der Waals surface area contributed by atoms with E-state index in [0.717, 1.165) is 28.5 Å². The zero-order valence-electron chi connectivity index (χ0n) is 11.7. The second-order valence-corrected chi connectivity index (χ2v) is 5.83. The largest absolute Gasteiger partial charge is 0.410 e. The Balaban J connectivity index is 0.000000347. The molecule has 0 aliphatic rings.